The number of carbonyl (C=O) groups is 1. The van der Waals surface area contributed by atoms with Gasteiger partial charge < -0.3 is 14.2 Å². The molecule has 178 valence electrons. The van der Waals surface area contributed by atoms with Gasteiger partial charge >= 0.3 is 5.97 Å². The van der Waals surface area contributed by atoms with Crippen molar-refractivity contribution < 1.29 is 19.0 Å². The summed E-state index contributed by atoms with van der Waals surface area (Å²) in [6.45, 7) is 9.44. The molecule has 0 amide bonds. The molecule has 0 saturated heterocycles. The molecule has 0 saturated carbocycles. The first-order valence-electron chi connectivity index (χ1n) is 12.0. The summed E-state index contributed by atoms with van der Waals surface area (Å²) in [4.78, 5) is 12.5. The van der Waals surface area contributed by atoms with E-state index in [1.54, 1.807) is 36.4 Å². The van der Waals surface area contributed by atoms with Crippen LogP contribution in [0.2, 0.25) is 0 Å². The molecule has 1 atom stereocenters. The normalized spacial score (nSPS) is 11.5. The van der Waals surface area contributed by atoms with Crippen LogP contribution in [0.3, 0.4) is 0 Å². The zero-order valence-corrected chi connectivity index (χ0v) is 20.2. The first-order valence-corrected chi connectivity index (χ1v) is 12.0. The van der Waals surface area contributed by atoms with Crippen LogP contribution in [0.15, 0.2) is 85.5 Å². The molecular formula is C30H34O4. The van der Waals surface area contributed by atoms with Crippen molar-refractivity contribution in [2.24, 2.45) is 5.92 Å². The Morgan fingerprint density at radius 3 is 1.97 bits per heavy atom. The molecule has 4 heteroatoms. The van der Waals surface area contributed by atoms with Crippen LogP contribution in [-0.4, -0.2) is 19.2 Å². The summed E-state index contributed by atoms with van der Waals surface area (Å²) >= 11 is 0. The lowest BCUT2D eigenvalue weighted by molar-refractivity contribution is 0.0734. The minimum Gasteiger partial charge on any atom is -0.494 e. The Morgan fingerprint density at radius 2 is 1.38 bits per heavy atom. The van der Waals surface area contributed by atoms with Crippen LogP contribution in [0.25, 0.3) is 11.1 Å². The molecule has 0 spiro atoms. The van der Waals surface area contributed by atoms with E-state index in [1.165, 1.54) is 0 Å². The highest BCUT2D eigenvalue weighted by molar-refractivity contribution is 5.91. The molecule has 34 heavy (non-hydrogen) atoms. The van der Waals surface area contributed by atoms with Gasteiger partial charge in [-0.15, -0.1) is 6.58 Å². The summed E-state index contributed by atoms with van der Waals surface area (Å²) in [7, 11) is 0. The number of unbranched alkanes of at least 4 members (excludes halogenated alkanes) is 2. The van der Waals surface area contributed by atoms with Gasteiger partial charge in [0.25, 0.3) is 0 Å². The topological polar surface area (TPSA) is 44.8 Å². The maximum Gasteiger partial charge on any atom is 0.343 e. The van der Waals surface area contributed by atoms with Crippen molar-refractivity contribution in [3.63, 3.8) is 0 Å². The van der Waals surface area contributed by atoms with Crippen molar-refractivity contribution in [1.29, 1.82) is 0 Å². The monoisotopic (exact) mass is 458 g/mol. The minimum atomic E-state index is -0.395. The van der Waals surface area contributed by atoms with Crippen molar-refractivity contribution in [2.45, 2.75) is 39.5 Å². The van der Waals surface area contributed by atoms with Crippen LogP contribution < -0.4 is 14.2 Å². The second-order valence-corrected chi connectivity index (χ2v) is 8.42. The van der Waals surface area contributed by atoms with E-state index in [2.05, 4.69) is 20.4 Å². The number of ether oxygens (including phenoxy) is 3. The largest absolute Gasteiger partial charge is 0.494 e. The Morgan fingerprint density at radius 1 is 0.824 bits per heavy atom. The van der Waals surface area contributed by atoms with Crippen LogP contribution in [0.1, 0.15) is 49.9 Å². The van der Waals surface area contributed by atoms with Gasteiger partial charge in [-0.05, 0) is 84.8 Å². The van der Waals surface area contributed by atoms with E-state index in [4.69, 9.17) is 14.2 Å². The highest BCUT2D eigenvalue weighted by atomic mass is 16.5. The summed E-state index contributed by atoms with van der Waals surface area (Å²) in [6, 6.07) is 22.6. The Bertz CT molecular complexity index is 1020. The Kier molecular flexibility index (Phi) is 9.78. The number of esters is 1. The summed E-state index contributed by atoms with van der Waals surface area (Å²) in [6.07, 6.45) is 6.04. The SMILES string of the molecule is C=CCCCCOc1ccc(C(=O)Oc2ccc(-c3ccc(OC[C@@H](C)CC)cc3)cc2)cc1. The first kappa shape index (κ1) is 25.1. The van der Waals surface area contributed by atoms with E-state index in [0.29, 0.717) is 23.8 Å². The Labute approximate surface area is 203 Å². The van der Waals surface area contributed by atoms with Gasteiger partial charge in [0.15, 0.2) is 0 Å². The molecule has 0 heterocycles. The van der Waals surface area contributed by atoms with Crippen molar-refractivity contribution in [3.8, 4) is 28.4 Å². The molecule has 0 aliphatic carbocycles. The van der Waals surface area contributed by atoms with E-state index in [-0.39, 0.29) is 0 Å². The predicted molar refractivity (Wildman–Crippen MR) is 138 cm³/mol. The van der Waals surface area contributed by atoms with Gasteiger partial charge in [0.05, 0.1) is 18.8 Å². The molecule has 0 fully saturated rings. The van der Waals surface area contributed by atoms with Crippen molar-refractivity contribution in [3.05, 3.63) is 91.0 Å². The molecular weight excluding hydrogens is 424 g/mol. The van der Waals surface area contributed by atoms with E-state index in [9.17, 15) is 4.79 Å². The van der Waals surface area contributed by atoms with Crippen LogP contribution in [-0.2, 0) is 0 Å². The van der Waals surface area contributed by atoms with E-state index in [0.717, 1.165) is 54.9 Å². The number of carbonyl (C=O) groups excluding carboxylic acids is 1. The summed E-state index contributed by atoms with van der Waals surface area (Å²) in [5, 5.41) is 0. The molecule has 0 aliphatic heterocycles. The number of allylic oxidation sites excluding steroid dienone is 1. The lowest BCUT2D eigenvalue weighted by Gasteiger charge is -2.11. The lowest BCUT2D eigenvalue weighted by atomic mass is 10.1. The highest BCUT2D eigenvalue weighted by Crippen LogP contribution is 2.25. The fourth-order valence-corrected chi connectivity index (χ4v) is 3.25. The maximum absolute atomic E-state index is 12.5. The van der Waals surface area contributed by atoms with Crippen molar-refractivity contribution in [2.75, 3.05) is 13.2 Å². The molecule has 4 nitrogen and oxygen atoms in total. The fourth-order valence-electron chi connectivity index (χ4n) is 3.25. The Balaban J connectivity index is 1.51. The van der Waals surface area contributed by atoms with Crippen molar-refractivity contribution in [1.82, 2.24) is 0 Å². The van der Waals surface area contributed by atoms with Gasteiger partial charge in [0.2, 0.25) is 0 Å². The zero-order valence-electron chi connectivity index (χ0n) is 20.2. The van der Waals surface area contributed by atoms with Gasteiger partial charge in [-0.3, -0.25) is 0 Å². The predicted octanol–water partition coefficient (Wildman–Crippen LogP) is 7.73. The number of benzene rings is 3. The second kappa shape index (κ2) is 13.2. The molecule has 0 N–H and O–H groups in total. The van der Waals surface area contributed by atoms with E-state index in [1.807, 2.05) is 42.5 Å². The molecule has 0 radical (unpaired) electrons. The molecule has 0 aromatic heterocycles. The summed E-state index contributed by atoms with van der Waals surface area (Å²) in [5.41, 5.74) is 2.60. The van der Waals surface area contributed by atoms with Gasteiger partial charge in [0, 0.05) is 0 Å². The average molecular weight is 459 g/mol. The molecule has 3 aromatic carbocycles. The van der Waals surface area contributed by atoms with Gasteiger partial charge in [-0.1, -0.05) is 50.6 Å². The molecule has 0 aliphatic rings. The molecule has 3 rings (SSSR count). The molecule has 0 unspecified atom stereocenters. The Hall–Kier alpha value is -3.53. The third kappa shape index (κ3) is 7.80. The average Bonchev–Trinajstić information content (AvgIpc) is 2.88. The molecule has 3 aromatic rings. The maximum atomic E-state index is 12.5. The highest BCUT2D eigenvalue weighted by Gasteiger charge is 2.09. The quantitative estimate of drug-likeness (QED) is 0.114. The third-order valence-corrected chi connectivity index (χ3v) is 5.65. The second-order valence-electron chi connectivity index (χ2n) is 8.42. The molecule has 0 bridgehead atoms. The van der Waals surface area contributed by atoms with Gasteiger partial charge in [-0.2, -0.15) is 0 Å². The summed E-state index contributed by atoms with van der Waals surface area (Å²) in [5.74, 6) is 2.27. The summed E-state index contributed by atoms with van der Waals surface area (Å²) < 4.78 is 17.1. The number of rotatable bonds is 13. The third-order valence-electron chi connectivity index (χ3n) is 5.65. The van der Waals surface area contributed by atoms with E-state index < -0.39 is 5.97 Å². The van der Waals surface area contributed by atoms with Crippen molar-refractivity contribution >= 4 is 5.97 Å². The zero-order chi connectivity index (χ0) is 24.2. The smallest absolute Gasteiger partial charge is 0.343 e. The number of hydrogen-bond acceptors (Lipinski definition) is 4. The van der Waals surface area contributed by atoms with Crippen LogP contribution in [0.4, 0.5) is 0 Å². The fraction of sp³-hybridized carbons (Fsp3) is 0.300. The van der Waals surface area contributed by atoms with Gasteiger partial charge in [-0.25, -0.2) is 4.79 Å². The number of hydrogen-bond donors (Lipinski definition) is 0. The minimum absolute atomic E-state index is 0.395. The first-order chi connectivity index (χ1) is 16.6. The van der Waals surface area contributed by atoms with Crippen LogP contribution in [0, 0.1) is 5.92 Å². The standard InChI is InChI=1S/C30H34O4/c1-4-6-7-8-21-32-27-17-13-26(14-18-27)30(31)34-29-19-11-25(12-20-29)24-9-15-28(16-10-24)33-22-23(3)5-2/h4,9-20,23H,1,5-8,21-22H2,2-3H3/t23-/m0/s1. The van der Waals surface area contributed by atoms with E-state index >= 15 is 0 Å². The van der Waals surface area contributed by atoms with Crippen LogP contribution in [0.5, 0.6) is 17.2 Å². The van der Waals surface area contributed by atoms with Crippen LogP contribution >= 0.6 is 0 Å². The van der Waals surface area contributed by atoms with Gasteiger partial charge in [0.1, 0.15) is 17.2 Å². The lowest BCUT2D eigenvalue weighted by Crippen LogP contribution is -2.08.